The summed E-state index contributed by atoms with van der Waals surface area (Å²) in [5.41, 5.74) is 5.96. The van der Waals surface area contributed by atoms with Gasteiger partial charge in [0.05, 0.1) is 6.42 Å². The second-order valence-corrected chi connectivity index (χ2v) is 8.35. The number of alkyl carbamates (subject to hydrolysis) is 1. The SMILES string of the molecule is Cc1ccc(N(C)C(=O)C(CC(=O)O)NC(=O)OCC2c3ccccc3-c3ccccc32)cc1. The summed E-state index contributed by atoms with van der Waals surface area (Å²) in [7, 11) is 1.54. The van der Waals surface area contributed by atoms with Gasteiger partial charge in [0.1, 0.15) is 12.6 Å². The van der Waals surface area contributed by atoms with E-state index < -0.39 is 30.4 Å². The average molecular weight is 459 g/mol. The first-order chi connectivity index (χ1) is 16.3. The molecule has 0 aromatic heterocycles. The van der Waals surface area contributed by atoms with Crippen LogP contribution in [0.15, 0.2) is 72.8 Å². The highest BCUT2D eigenvalue weighted by Crippen LogP contribution is 2.44. The molecule has 1 unspecified atom stereocenters. The predicted molar refractivity (Wildman–Crippen MR) is 129 cm³/mol. The smallest absolute Gasteiger partial charge is 0.407 e. The number of aliphatic carboxylic acids is 1. The maximum Gasteiger partial charge on any atom is 0.407 e. The van der Waals surface area contributed by atoms with Crippen molar-refractivity contribution in [2.75, 3.05) is 18.6 Å². The molecule has 1 aliphatic carbocycles. The number of hydrogen-bond acceptors (Lipinski definition) is 4. The molecule has 34 heavy (non-hydrogen) atoms. The van der Waals surface area contributed by atoms with E-state index in [4.69, 9.17) is 4.74 Å². The zero-order chi connectivity index (χ0) is 24.2. The number of rotatable bonds is 7. The van der Waals surface area contributed by atoms with Gasteiger partial charge in [-0.2, -0.15) is 0 Å². The maximum atomic E-state index is 13.0. The van der Waals surface area contributed by atoms with Crippen molar-refractivity contribution in [2.24, 2.45) is 0 Å². The standard InChI is InChI=1S/C27H26N2O5/c1-17-11-13-18(14-12-17)29(2)26(32)24(15-25(30)31)28-27(33)34-16-23-21-9-5-3-7-19(21)20-8-4-6-10-22(20)23/h3-14,23-24H,15-16H2,1-2H3,(H,28,33)(H,30,31). The molecule has 3 aromatic rings. The fraction of sp³-hybridized carbons (Fsp3) is 0.222. The Morgan fingerprint density at radius 1 is 0.941 bits per heavy atom. The number of benzene rings is 3. The molecule has 0 saturated heterocycles. The van der Waals surface area contributed by atoms with Crippen molar-refractivity contribution in [2.45, 2.75) is 25.3 Å². The van der Waals surface area contributed by atoms with Crippen molar-refractivity contribution >= 4 is 23.7 Å². The minimum Gasteiger partial charge on any atom is -0.481 e. The van der Waals surface area contributed by atoms with Crippen molar-refractivity contribution in [3.8, 4) is 11.1 Å². The average Bonchev–Trinajstić information content (AvgIpc) is 3.15. The second-order valence-electron chi connectivity index (χ2n) is 8.35. The number of carboxylic acid groups (broad SMARTS) is 1. The molecule has 0 bridgehead atoms. The molecule has 3 aromatic carbocycles. The minimum absolute atomic E-state index is 0.0711. The van der Waals surface area contributed by atoms with E-state index in [0.29, 0.717) is 5.69 Å². The lowest BCUT2D eigenvalue weighted by atomic mass is 9.98. The van der Waals surface area contributed by atoms with Gasteiger partial charge in [-0.1, -0.05) is 66.2 Å². The Bertz CT molecular complexity index is 1180. The number of ether oxygens (including phenoxy) is 1. The van der Waals surface area contributed by atoms with Gasteiger partial charge in [0.15, 0.2) is 0 Å². The van der Waals surface area contributed by atoms with Gasteiger partial charge in [-0.25, -0.2) is 4.79 Å². The lowest BCUT2D eigenvalue weighted by molar-refractivity contribution is -0.139. The molecule has 2 N–H and O–H groups in total. The number of carbonyl (C=O) groups is 3. The van der Waals surface area contributed by atoms with Crippen molar-refractivity contribution in [1.82, 2.24) is 5.32 Å². The van der Waals surface area contributed by atoms with Crippen LogP contribution in [-0.2, 0) is 14.3 Å². The van der Waals surface area contributed by atoms with Crippen molar-refractivity contribution in [1.29, 1.82) is 0 Å². The van der Waals surface area contributed by atoms with Crippen LogP contribution in [0.3, 0.4) is 0 Å². The molecule has 4 rings (SSSR count). The Hall–Kier alpha value is -4.13. The molecule has 0 radical (unpaired) electrons. The number of hydrogen-bond donors (Lipinski definition) is 2. The molecule has 7 nitrogen and oxygen atoms in total. The van der Waals surface area contributed by atoms with Crippen LogP contribution in [0.5, 0.6) is 0 Å². The van der Waals surface area contributed by atoms with E-state index in [0.717, 1.165) is 27.8 Å². The summed E-state index contributed by atoms with van der Waals surface area (Å²) in [5, 5.41) is 11.7. The van der Waals surface area contributed by atoms with Crippen molar-refractivity contribution in [3.63, 3.8) is 0 Å². The summed E-state index contributed by atoms with van der Waals surface area (Å²) in [5.74, 6) is -1.88. The van der Waals surface area contributed by atoms with Crippen LogP contribution in [0.4, 0.5) is 10.5 Å². The quantitative estimate of drug-likeness (QED) is 0.549. The molecule has 174 valence electrons. The van der Waals surface area contributed by atoms with Gasteiger partial charge in [-0.3, -0.25) is 9.59 Å². The van der Waals surface area contributed by atoms with E-state index in [9.17, 15) is 19.5 Å². The zero-order valence-corrected chi connectivity index (χ0v) is 19.0. The lowest BCUT2D eigenvalue weighted by Gasteiger charge is -2.24. The molecule has 0 spiro atoms. The Morgan fingerprint density at radius 3 is 2.06 bits per heavy atom. The summed E-state index contributed by atoms with van der Waals surface area (Å²) < 4.78 is 5.49. The van der Waals surface area contributed by atoms with E-state index in [1.54, 1.807) is 19.2 Å². The predicted octanol–water partition coefficient (Wildman–Crippen LogP) is 4.34. The number of nitrogens with zero attached hydrogens (tertiary/aromatic N) is 1. The van der Waals surface area contributed by atoms with Gasteiger partial charge in [-0.05, 0) is 41.3 Å². The number of aryl methyl sites for hydroxylation is 1. The van der Waals surface area contributed by atoms with Gasteiger partial charge >= 0.3 is 12.1 Å². The highest BCUT2D eigenvalue weighted by Gasteiger charge is 2.31. The second kappa shape index (κ2) is 9.79. The first kappa shape index (κ1) is 23.0. The monoisotopic (exact) mass is 458 g/mol. The van der Waals surface area contributed by atoms with Crippen LogP contribution in [0.25, 0.3) is 11.1 Å². The first-order valence-electron chi connectivity index (χ1n) is 11.0. The maximum absolute atomic E-state index is 13.0. The molecule has 7 heteroatoms. The van der Waals surface area contributed by atoms with Gasteiger partial charge in [0.2, 0.25) is 5.91 Å². The Balaban J connectivity index is 1.45. The van der Waals surface area contributed by atoms with Crippen LogP contribution in [-0.4, -0.2) is 42.8 Å². The normalized spacial score (nSPS) is 12.9. The molecule has 2 amide bonds. The third-order valence-electron chi connectivity index (χ3n) is 6.06. The topological polar surface area (TPSA) is 95.9 Å². The molecule has 0 saturated carbocycles. The summed E-state index contributed by atoms with van der Waals surface area (Å²) in [6.45, 7) is 2.00. The van der Waals surface area contributed by atoms with Gasteiger partial charge < -0.3 is 20.1 Å². The Kier molecular flexibility index (Phi) is 6.63. The van der Waals surface area contributed by atoms with Crippen molar-refractivity contribution < 1.29 is 24.2 Å². The van der Waals surface area contributed by atoms with Crippen LogP contribution < -0.4 is 10.2 Å². The van der Waals surface area contributed by atoms with Gasteiger partial charge in [-0.15, -0.1) is 0 Å². The molecule has 1 aliphatic rings. The van der Waals surface area contributed by atoms with Gasteiger partial charge in [0, 0.05) is 18.7 Å². The van der Waals surface area contributed by atoms with Crippen LogP contribution in [0.2, 0.25) is 0 Å². The highest BCUT2D eigenvalue weighted by atomic mass is 16.5. The third kappa shape index (κ3) is 4.78. The molecule has 0 heterocycles. The number of carbonyl (C=O) groups excluding carboxylic acids is 2. The number of anilines is 1. The molecule has 1 atom stereocenters. The van der Waals surface area contributed by atoms with E-state index in [2.05, 4.69) is 5.32 Å². The first-order valence-corrected chi connectivity index (χ1v) is 11.0. The minimum atomic E-state index is -1.26. The number of amides is 2. The summed E-state index contributed by atoms with van der Waals surface area (Å²) in [6, 6.07) is 21.9. The number of nitrogens with one attached hydrogen (secondary N) is 1. The number of carboxylic acids is 1. The van der Waals surface area contributed by atoms with Gasteiger partial charge in [0.25, 0.3) is 0 Å². The Labute approximate surface area is 198 Å². The zero-order valence-electron chi connectivity index (χ0n) is 19.0. The summed E-state index contributed by atoms with van der Waals surface area (Å²) >= 11 is 0. The largest absolute Gasteiger partial charge is 0.481 e. The Morgan fingerprint density at radius 2 is 1.50 bits per heavy atom. The lowest BCUT2D eigenvalue weighted by Crippen LogP contribution is -2.48. The number of likely N-dealkylation sites (N-methyl/N-ethyl adjacent to an activating group) is 1. The fourth-order valence-electron chi connectivity index (χ4n) is 4.29. The highest BCUT2D eigenvalue weighted by molar-refractivity contribution is 6.00. The van der Waals surface area contributed by atoms with Crippen molar-refractivity contribution in [3.05, 3.63) is 89.5 Å². The molecule has 0 fully saturated rings. The van der Waals surface area contributed by atoms with E-state index in [1.807, 2.05) is 67.6 Å². The van der Waals surface area contributed by atoms with E-state index in [-0.39, 0.29) is 12.5 Å². The number of fused-ring (bicyclic) bond motifs is 3. The fourth-order valence-corrected chi connectivity index (χ4v) is 4.29. The van der Waals surface area contributed by atoms with E-state index >= 15 is 0 Å². The van der Waals surface area contributed by atoms with Crippen LogP contribution in [0.1, 0.15) is 29.0 Å². The van der Waals surface area contributed by atoms with Crippen LogP contribution >= 0.6 is 0 Å². The van der Waals surface area contributed by atoms with E-state index in [1.165, 1.54) is 4.90 Å². The summed E-state index contributed by atoms with van der Waals surface area (Å²) in [4.78, 5) is 38.3. The third-order valence-corrected chi connectivity index (χ3v) is 6.06. The molecular formula is C27H26N2O5. The molecular weight excluding hydrogens is 432 g/mol. The van der Waals surface area contributed by atoms with Crippen LogP contribution in [0, 0.1) is 6.92 Å². The molecule has 0 aliphatic heterocycles. The summed E-state index contributed by atoms with van der Waals surface area (Å²) in [6.07, 6.45) is -1.39.